The number of rotatable bonds is 3. The Bertz CT molecular complexity index is 1290. The van der Waals surface area contributed by atoms with Crippen LogP contribution in [-0.4, -0.2) is 15.5 Å². The number of para-hydroxylation sites is 3. The lowest BCUT2D eigenvalue weighted by molar-refractivity contribution is -0.113. The molecule has 4 aromatic rings. The average molecular weight is 506 g/mol. The molecule has 2 heterocycles. The molecular weight excluding hydrogens is 487 g/mol. The van der Waals surface area contributed by atoms with E-state index in [0.29, 0.717) is 5.57 Å². The fourth-order valence-electron chi connectivity index (χ4n) is 3.97. The number of hydrogen-bond donors (Lipinski definition) is 2. The number of benzene rings is 3. The molecule has 0 fully saturated rings. The van der Waals surface area contributed by atoms with Crippen LogP contribution in [-0.2, 0) is 4.79 Å². The Morgan fingerprint density at radius 1 is 1.03 bits per heavy atom. The summed E-state index contributed by atoms with van der Waals surface area (Å²) < 4.78 is 3.24. The number of nitrogens with one attached hydrogen (secondary N) is 2. The van der Waals surface area contributed by atoms with Crippen molar-refractivity contribution in [3.63, 3.8) is 0 Å². The van der Waals surface area contributed by atoms with Crippen LogP contribution in [0, 0.1) is 3.57 Å². The number of carbonyl (C=O) groups is 1. The van der Waals surface area contributed by atoms with Crippen LogP contribution in [0.2, 0.25) is 0 Å². The molecule has 5 rings (SSSR count). The third kappa shape index (κ3) is 3.27. The van der Waals surface area contributed by atoms with Crippen molar-refractivity contribution >= 4 is 51.2 Å². The summed E-state index contributed by atoms with van der Waals surface area (Å²) in [6, 6.07) is 25.5. The van der Waals surface area contributed by atoms with Crippen molar-refractivity contribution in [1.29, 1.82) is 0 Å². The molecule has 30 heavy (non-hydrogen) atoms. The molecule has 6 heteroatoms. The van der Waals surface area contributed by atoms with Gasteiger partial charge in [0.2, 0.25) is 5.95 Å². The SMILES string of the molecule is CC1=C(C(=O)Nc2ccccc2)[C@@H](c2cccc(I)c2)n2c(nc3ccccc32)N1. The highest BCUT2D eigenvalue weighted by molar-refractivity contribution is 14.1. The largest absolute Gasteiger partial charge is 0.329 e. The van der Waals surface area contributed by atoms with Gasteiger partial charge >= 0.3 is 0 Å². The molecule has 1 aromatic heterocycles. The van der Waals surface area contributed by atoms with Crippen molar-refractivity contribution in [3.05, 3.63) is 99.3 Å². The summed E-state index contributed by atoms with van der Waals surface area (Å²) in [6.45, 7) is 1.93. The predicted octanol–water partition coefficient (Wildman–Crippen LogP) is 5.57. The first-order valence-electron chi connectivity index (χ1n) is 9.68. The molecule has 0 unspecified atom stereocenters. The van der Waals surface area contributed by atoms with E-state index in [0.717, 1.165) is 37.5 Å². The molecule has 0 radical (unpaired) electrons. The minimum atomic E-state index is -0.285. The van der Waals surface area contributed by atoms with Gasteiger partial charge in [-0.2, -0.15) is 0 Å². The first-order valence-corrected chi connectivity index (χ1v) is 10.8. The maximum absolute atomic E-state index is 13.5. The van der Waals surface area contributed by atoms with Crippen molar-refractivity contribution in [3.8, 4) is 0 Å². The molecule has 0 spiro atoms. The number of amides is 1. The van der Waals surface area contributed by atoms with Crippen LogP contribution in [0.15, 0.2) is 90.1 Å². The minimum Gasteiger partial charge on any atom is -0.329 e. The van der Waals surface area contributed by atoms with E-state index in [1.807, 2.05) is 67.6 Å². The van der Waals surface area contributed by atoms with E-state index in [1.165, 1.54) is 0 Å². The van der Waals surface area contributed by atoms with E-state index in [-0.39, 0.29) is 11.9 Å². The molecule has 0 saturated carbocycles. The fraction of sp³-hybridized carbons (Fsp3) is 0.0833. The van der Waals surface area contributed by atoms with E-state index < -0.39 is 0 Å². The predicted molar refractivity (Wildman–Crippen MR) is 128 cm³/mol. The first kappa shape index (κ1) is 18.9. The smallest absolute Gasteiger partial charge is 0.255 e. The van der Waals surface area contributed by atoms with Gasteiger partial charge in [0.25, 0.3) is 5.91 Å². The van der Waals surface area contributed by atoms with Gasteiger partial charge in [-0.25, -0.2) is 4.98 Å². The van der Waals surface area contributed by atoms with Crippen LogP contribution < -0.4 is 10.6 Å². The Hall–Kier alpha value is -3.13. The van der Waals surface area contributed by atoms with Gasteiger partial charge in [0, 0.05) is 15.0 Å². The van der Waals surface area contributed by atoms with Crippen molar-refractivity contribution in [2.45, 2.75) is 13.0 Å². The standard InChI is InChI=1S/C24H19IN4O/c1-15-21(23(30)27-18-10-3-2-4-11-18)22(16-8-7-9-17(25)14-16)29-20-13-6-5-12-19(20)28-24(29)26-15/h2-14,22H,1H3,(H,26,28)(H,27,30)/t22-/m1/s1. The number of nitrogens with zero attached hydrogens (tertiary/aromatic N) is 2. The zero-order chi connectivity index (χ0) is 20.7. The molecule has 1 aliphatic heterocycles. The van der Waals surface area contributed by atoms with E-state index in [9.17, 15) is 4.79 Å². The Labute approximate surface area is 188 Å². The molecule has 148 valence electrons. The van der Waals surface area contributed by atoms with Crippen LogP contribution in [0.5, 0.6) is 0 Å². The van der Waals surface area contributed by atoms with Gasteiger partial charge in [-0.3, -0.25) is 9.36 Å². The highest BCUT2D eigenvalue weighted by Gasteiger charge is 2.34. The van der Waals surface area contributed by atoms with Crippen LogP contribution in [0.1, 0.15) is 18.5 Å². The fourth-order valence-corrected chi connectivity index (χ4v) is 4.54. The second-order valence-electron chi connectivity index (χ2n) is 7.24. The molecule has 1 amide bonds. The third-order valence-electron chi connectivity index (χ3n) is 5.27. The van der Waals surface area contributed by atoms with Crippen molar-refractivity contribution in [1.82, 2.24) is 9.55 Å². The summed E-state index contributed by atoms with van der Waals surface area (Å²) in [5.41, 5.74) is 5.18. The third-order valence-corrected chi connectivity index (χ3v) is 5.94. The summed E-state index contributed by atoms with van der Waals surface area (Å²) in [5, 5.41) is 6.40. The molecule has 1 atom stereocenters. The van der Waals surface area contributed by atoms with Gasteiger partial charge in [0.15, 0.2) is 0 Å². The summed E-state index contributed by atoms with van der Waals surface area (Å²) in [5.74, 6) is 0.618. The number of aromatic nitrogens is 2. The van der Waals surface area contributed by atoms with Gasteiger partial charge in [-0.15, -0.1) is 0 Å². The zero-order valence-electron chi connectivity index (χ0n) is 16.3. The van der Waals surface area contributed by atoms with E-state index >= 15 is 0 Å². The van der Waals surface area contributed by atoms with Crippen LogP contribution in [0.4, 0.5) is 11.6 Å². The Morgan fingerprint density at radius 2 is 1.80 bits per heavy atom. The lowest BCUT2D eigenvalue weighted by Crippen LogP contribution is -2.31. The van der Waals surface area contributed by atoms with Gasteiger partial charge in [0.05, 0.1) is 22.6 Å². The number of hydrogen-bond acceptors (Lipinski definition) is 3. The average Bonchev–Trinajstić information content (AvgIpc) is 3.11. The number of carbonyl (C=O) groups excluding carboxylic acids is 1. The van der Waals surface area contributed by atoms with Crippen molar-refractivity contribution in [2.75, 3.05) is 10.6 Å². The highest BCUT2D eigenvalue weighted by atomic mass is 127. The van der Waals surface area contributed by atoms with Gasteiger partial charge in [-0.1, -0.05) is 42.5 Å². The summed E-state index contributed by atoms with van der Waals surface area (Å²) >= 11 is 2.31. The van der Waals surface area contributed by atoms with E-state index in [4.69, 9.17) is 4.98 Å². The second-order valence-corrected chi connectivity index (χ2v) is 8.48. The molecule has 0 bridgehead atoms. The van der Waals surface area contributed by atoms with Crippen molar-refractivity contribution < 1.29 is 4.79 Å². The van der Waals surface area contributed by atoms with Gasteiger partial charge in [0.1, 0.15) is 0 Å². The number of imidazole rings is 1. The summed E-state index contributed by atoms with van der Waals surface area (Å²) in [4.78, 5) is 18.2. The van der Waals surface area contributed by atoms with Crippen LogP contribution in [0.25, 0.3) is 11.0 Å². The van der Waals surface area contributed by atoms with Crippen LogP contribution in [0.3, 0.4) is 0 Å². The zero-order valence-corrected chi connectivity index (χ0v) is 18.4. The van der Waals surface area contributed by atoms with Crippen molar-refractivity contribution in [2.24, 2.45) is 0 Å². The Kier molecular flexibility index (Phi) is 4.78. The normalized spacial score (nSPS) is 15.6. The number of allylic oxidation sites excluding steroid dienone is 1. The topological polar surface area (TPSA) is 59.0 Å². The Morgan fingerprint density at radius 3 is 2.60 bits per heavy atom. The quantitative estimate of drug-likeness (QED) is 0.358. The van der Waals surface area contributed by atoms with Gasteiger partial charge in [-0.05, 0) is 71.5 Å². The maximum Gasteiger partial charge on any atom is 0.255 e. The molecular formula is C24H19IN4O. The molecule has 0 aliphatic carbocycles. The summed E-state index contributed by atoms with van der Waals surface area (Å²) in [6.07, 6.45) is 0. The molecule has 0 saturated heterocycles. The van der Waals surface area contributed by atoms with E-state index in [2.05, 4.69) is 56.0 Å². The number of fused-ring (bicyclic) bond motifs is 3. The molecule has 5 nitrogen and oxygen atoms in total. The molecule has 3 aromatic carbocycles. The van der Waals surface area contributed by atoms with E-state index in [1.54, 1.807) is 0 Å². The summed E-state index contributed by atoms with van der Waals surface area (Å²) in [7, 11) is 0. The van der Waals surface area contributed by atoms with Gasteiger partial charge < -0.3 is 10.6 Å². The highest BCUT2D eigenvalue weighted by Crippen LogP contribution is 2.39. The van der Waals surface area contributed by atoms with Crippen LogP contribution >= 0.6 is 22.6 Å². The Balaban J connectivity index is 1.69. The first-order chi connectivity index (χ1) is 14.6. The second kappa shape index (κ2) is 7.60. The molecule has 1 aliphatic rings. The monoisotopic (exact) mass is 506 g/mol. The lowest BCUT2D eigenvalue weighted by atomic mass is 9.94. The number of halogens is 1. The molecule has 2 N–H and O–H groups in total. The minimum absolute atomic E-state index is 0.126. The number of anilines is 2. The lowest BCUT2D eigenvalue weighted by Gasteiger charge is -2.30. The maximum atomic E-state index is 13.5.